The summed E-state index contributed by atoms with van der Waals surface area (Å²) in [5, 5.41) is 1.04. The second-order valence-corrected chi connectivity index (χ2v) is 6.17. The smallest absolute Gasteiger partial charge is 0.151 e. The number of benzene rings is 1. The van der Waals surface area contributed by atoms with Gasteiger partial charge >= 0.3 is 0 Å². The van der Waals surface area contributed by atoms with Crippen LogP contribution in [0.3, 0.4) is 0 Å². The first-order valence-corrected chi connectivity index (χ1v) is 6.24. The minimum absolute atomic E-state index is 0.792. The van der Waals surface area contributed by atoms with Gasteiger partial charge in [0.2, 0.25) is 0 Å². The summed E-state index contributed by atoms with van der Waals surface area (Å²) < 4.78 is 3.22. The van der Waals surface area contributed by atoms with Crippen LogP contribution in [0.4, 0.5) is 0 Å². The number of aldehydes is 1. The lowest BCUT2D eigenvalue weighted by Crippen LogP contribution is -1.84. The van der Waals surface area contributed by atoms with Crippen molar-refractivity contribution >= 4 is 66.2 Å². The van der Waals surface area contributed by atoms with Crippen LogP contribution in [-0.4, -0.2) is 6.29 Å². The number of hydrogen-bond acceptors (Lipinski definition) is 2. The van der Waals surface area contributed by atoms with Gasteiger partial charge in [-0.15, -0.1) is 11.3 Å². The fourth-order valence-electron chi connectivity index (χ4n) is 1.20. The molecule has 0 saturated carbocycles. The number of carbonyl (C=O) groups excluding carboxylic acids is 1. The molecule has 0 amide bonds. The Bertz CT molecular complexity index is 478. The minimum atomic E-state index is 0.792. The molecule has 4 heteroatoms. The molecule has 66 valence electrons. The molecule has 2 aromatic rings. The first kappa shape index (κ1) is 9.61. The van der Waals surface area contributed by atoms with Crippen LogP contribution in [0, 0.1) is 3.57 Å². The molecule has 0 aliphatic rings. The van der Waals surface area contributed by atoms with Gasteiger partial charge in [0.05, 0.1) is 3.79 Å². The summed E-state index contributed by atoms with van der Waals surface area (Å²) in [6, 6.07) is 6.00. The predicted octanol–water partition coefficient (Wildman–Crippen LogP) is 4.08. The summed E-state index contributed by atoms with van der Waals surface area (Å²) in [7, 11) is 0. The third-order valence-corrected chi connectivity index (χ3v) is 4.32. The Morgan fingerprint density at radius 3 is 2.92 bits per heavy atom. The van der Waals surface area contributed by atoms with E-state index in [0.717, 1.165) is 29.3 Å². The molecule has 1 nitrogen and oxygen atoms in total. The lowest BCUT2D eigenvalue weighted by atomic mass is 10.1. The molecule has 0 aliphatic carbocycles. The number of carbonyl (C=O) groups is 1. The summed E-state index contributed by atoms with van der Waals surface area (Å²) in [5.74, 6) is 0. The normalized spacial score (nSPS) is 10.6. The van der Waals surface area contributed by atoms with E-state index in [1.807, 2.05) is 18.2 Å². The zero-order valence-electron chi connectivity index (χ0n) is 6.38. The lowest BCUT2D eigenvalue weighted by molar-refractivity contribution is 0.112. The number of hydrogen-bond donors (Lipinski definition) is 0. The highest BCUT2D eigenvalue weighted by molar-refractivity contribution is 14.1. The molecule has 0 radical (unpaired) electrons. The van der Waals surface area contributed by atoms with Crippen LogP contribution in [-0.2, 0) is 0 Å². The van der Waals surface area contributed by atoms with E-state index in [0.29, 0.717) is 0 Å². The SMILES string of the molecule is O=Cc1c(I)ccc2sc(Br)cc12. The first-order chi connectivity index (χ1) is 6.22. The summed E-state index contributed by atoms with van der Waals surface area (Å²) in [4.78, 5) is 10.8. The average Bonchev–Trinajstić information content (AvgIpc) is 2.45. The zero-order chi connectivity index (χ0) is 9.42. The van der Waals surface area contributed by atoms with Crippen molar-refractivity contribution in [2.24, 2.45) is 0 Å². The topological polar surface area (TPSA) is 17.1 Å². The van der Waals surface area contributed by atoms with E-state index < -0.39 is 0 Å². The fraction of sp³-hybridized carbons (Fsp3) is 0. The zero-order valence-corrected chi connectivity index (χ0v) is 10.9. The molecule has 1 aromatic heterocycles. The highest BCUT2D eigenvalue weighted by Gasteiger charge is 2.07. The van der Waals surface area contributed by atoms with Gasteiger partial charge in [0, 0.05) is 19.2 Å². The second kappa shape index (κ2) is 3.67. The maximum Gasteiger partial charge on any atom is 0.151 e. The van der Waals surface area contributed by atoms with Gasteiger partial charge in [-0.1, -0.05) is 0 Å². The number of rotatable bonds is 1. The van der Waals surface area contributed by atoms with Crippen molar-refractivity contribution in [3.05, 3.63) is 31.1 Å². The third kappa shape index (κ3) is 1.67. The largest absolute Gasteiger partial charge is 0.298 e. The molecule has 0 atom stereocenters. The fourth-order valence-corrected chi connectivity index (χ4v) is 3.35. The van der Waals surface area contributed by atoms with Crippen molar-refractivity contribution in [2.45, 2.75) is 0 Å². The van der Waals surface area contributed by atoms with Gasteiger partial charge in [0.25, 0.3) is 0 Å². The third-order valence-electron chi connectivity index (χ3n) is 1.78. The second-order valence-electron chi connectivity index (χ2n) is 2.54. The van der Waals surface area contributed by atoms with E-state index in [2.05, 4.69) is 38.5 Å². The van der Waals surface area contributed by atoms with Crippen LogP contribution in [0.15, 0.2) is 22.0 Å². The van der Waals surface area contributed by atoms with Crippen LogP contribution in [0.2, 0.25) is 0 Å². The molecule has 0 fully saturated rings. The van der Waals surface area contributed by atoms with Crippen molar-refractivity contribution < 1.29 is 4.79 Å². The number of fused-ring (bicyclic) bond motifs is 1. The van der Waals surface area contributed by atoms with Crippen molar-refractivity contribution in [2.75, 3.05) is 0 Å². The molecule has 0 unspecified atom stereocenters. The Hall–Kier alpha value is 0.0600. The van der Waals surface area contributed by atoms with E-state index in [9.17, 15) is 4.79 Å². The van der Waals surface area contributed by atoms with Gasteiger partial charge < -0.3 is 0 Å². The van der Waals surface area contributed by atoms with Gasteiger partial charge in [-0.3, -0.25) is 4.79 Å². The predicted molar refractivity (Wildman–Crippen MR) is 67.6 cm³/mol. The Labute approximate surface area is 101 Å². The molecule has 0 N–H and O–H groups in total. The van der Waals surface area contributed by atoms with Gasteiger partial charge in [0.15, 0.2) is 6.29 Å². The monoisotopic (exact) mass is 366 g/mol. The standard InChI is InChI=1S/C9H4BrIOS/c10-9-3-5-6(4-12)7(11)1-2-8(5)13-9/h1-4H. The Morgan fingerprint density at radius 2 is 2.23 bits per heavy atom. The van der Waals surface area contributed by atoms with Crippen LogP contribution in [0.5, 0.6) is 0 Å². The van der Waals surface area contributed by atoms with Crippen LogP contribution < -0.4 is 0 Å². The van der Waals surface area contributed by atoms with Crippen molar-refractivity contribution in [3.63, 3.8) is 0 Å². The molecule has 0 aliphatic heterocycles. The number of thiophene rings is 1. The summed E-state index contributed by atoms with van der Waals surface area (Å²) >= 11 is 7.23. The van der Waals surface area contributed by atoms with Gasteiger partial charge in [0.1, 0.15) is 0 Å². The van der Waals surface area contributed by atoms with Gasteiger partial charge in [-0.05, 0) is 56.7 Å². The molecule has 0 saturated heterocycles. The minimum Gasteiger partial charge on any atom is -0.298 e. The van der Waals surface area contributed by atoms with Crippen molar-refractivity contribution in [1.82, 2.24) is 0 Å². The van der Waals surface area contributed by atoms with Gasteiger partial charge in [-0.25, -0.2) is 0 Å². The Balaban J connectivity index is 2.90. The first-order valence-electron chi connectivity index (χ1n) is 3.55. The van der Waals surface area contributed by atoms with E-state index in [1.54, 1.807) is 11.3 Å². The van der Waals surface area contributed by atoms with Crippen LogP contribution in [0.25, 0.3) is 10.1 Å². The van der Waals surface area contributed by atoms with Crippen LogP contribution in [0.1, 0.15) is 10.4 Å². The van der Waals surface area contributed by atoms with Crippen molar-refractivity contribution in [3.8, 4) is 0 Å². The quantitative estimate of drug-likeness (QED) is 0.549. The molecule has 1 heterocycles. The highest BCUT2D eigenvalue weighted by Crippen LogP contribution is 2.33. The van der Waals surface area contributed by atoms with Crippen LogP contribution >= 0.6 is 49.9 Å². The Kier molecular flexibility index (Phi) is 2.71. The Morgan fingerprint density at radius 1 is 1.46 bits per heavy atom. The molecular formula is C9H4BrIOS. The van der Waals surface area contributed by atoms with E-state index in [1.165, 1.54) is 0 Å². The molecule has 2 rings (SSSR count). The highest BCUT2D eigenvalue weighted by atomic mass is 127. The maximum atomic E-state index is 10.8. The van der Waals surface area contributed by atoms with E-state index in [4.69, 9.17) is 0 Å². The number of halogens is 2. The lowest BCUT2D eigenvalue weighted by Gasteiger charge is -1.96. The molecule has 0 bridgehead atoms. The van der Waals surface area contributed by atoms with E-state index >= 15 is 0 Å². The summed E-state index contributed by atoms with van der Waals surface area (Å²) in [5.41, 5.74) is 0.792. The van der Waals surface area contributed by atoms with E-state index in [-0.39, 0.29) is 0 Å². The molecule has 1 aromatic carbocycles. The average molecular weight is 367 g/mol. The molecule has 13 heavy (non-hydrogen) atoms. The summed E-state index contributed by atoms with van der Waals surface area (Å²) in [6.07, 6.45) is 0.920. The maximum absolute atomic E-state index is 10.8. The molecule has 0 spiro atoms. The van der Waals surface area contributed by atoms with Crippen molar-refractivity contribution in [1.29, 1.82) is 0 Å². The molecular weight excluding hydrogens is 363 g/mol. The van der Waals surface area contributed by atoms with Gasteiger partial charge in [-0.2, -0.15) is 0 Å². The summed E-state index contributed by atoms with van der Waals surface area (Å²) in [6.45, 7) is 0.